The Hall–Kier alpha value is -3.51. The van der Waals surface area contributed by atoms with E-state index in [-0.39, 0.29) is 34.5 Å². The highest BCUT2D eigenvalue weighted by Crippen LogP contribution is 2.40. The van der Waals surface area contributed by atoms with Crippen molar-refractivity contribution in [1.82, 2.24) is 4.57 Å². The number of methoxy groups -OCH3 is 1. The van der Waals surface area contributed by atoms with Crippen molar-refractivity contribution >= 4 is 11.6 Å². The molecule has 0 amide bonds. The predicted octanol–water partition coefficient (Wildman–Crippen LogP) is 5.70. The van der Waals surface area contributed by atoms with E-state index in [1.165, 1.54) is 6.92 Å². The maximum atomic E-state index is 13.5. The predicted molar refractivity (Wildman–Crippen MR) is 145 cm³/mol. The summed E-state index contributed by atoms with van der Waals surface area (Å²) in [6.45, 7) is 6.70. The fraction of sp³-hybridized carbons (Fsp3) is 0.387. The van der Waals surface area contributed by atoms with Crippen LogP contribution in [-0.4, -0.2) is 36.5 Å². The first kappa shape index (κ1) is 26.6. The average Bonchev–Trinajstić information content (AvgIpc) is 2.88. The Morgan fingerprint density at radius 1 is 1.05 bits per heavy atom. The zero-order valence-electron chi connectivity index (χ0n) is 22.1. The first-order valence-electron chi connectivity index (χ1n) is 12.9. The van der Waals surface area contributed by atoms with Crippen molar-refractivity contribution in [2.24, 2.45) is 5.92 Å². The van der Waals surface area contributed by atoms with E-state index >= 15 is 0 Å². The Morgan fingerprint density at radius 2 is 1.81 bits per heavy atom. The molecular weight excluding hydrogens is 466 g/mol. The second kappa shape index (κ2) is 11.7. The highest BCUT2D eigenvalue weighted by molar-refractivity contribution is 6.00. The Kier molecular flexibility index (Phi) is 8.39. The van der Waals surface area contributed by atoms with Gasteiger partial charge in [-0.1, -0.05) is 44.2 Å². The number of hydrogen-bond acceptors (Lipinski definition) is 5. The Bertz CT molecular complexity index is 1340. The van der Waals surface area contributed by atoms with E-state index in [1.807, 2.05) is 47.0 Å². The second-order valence-electron chi connectivity index (χ2n) is 10.0. The van der Waals surface area contributed by atoms with Gasteiger partial charge in [0.25, 0.3) is 0 Å². The number of pyridine rings is 1. The van der Waals surface area contributed by atoms with Gasteiger partial charge in [0.15, 0.2) is 17.0 Å². The van der Waals surface area contributed by atoms with Gasteiger partial charge in [0.05, 0.1) is 23.4 Å². The molecule has 0 saturated heterocycles. The van der Waals surface area contributed by atoms with Crippen LogP contribution >= 0.6 is 0 Å². The van der Waals surface area contributed by atoms with E-state index in [9.17, 15) is 14.4 Å². The number of Topliss-reactive ketones (excluding diaryl/α,β-unsaturated/α-hetero) is 2. The van der Waals surface area contributed by atoms with Crippen LogP contribution < -0.4 is 10.2 Å². The minimum atomic E-state index is -0.300. The summed E-state index contributed by atoms with van der Waals surface area (Å²) in [5.74, 6) is 0.595. The van der Waals surface area contributed by atoms with Gasteiger partial charge < -0.3 is 14.0 Å². The molecule has 4 rings (SSSR count). The maximum absolute atomic E-state index is 13.5. The molecule has 0 spiro atoms. The van der Waals surface area contributed by atoms with Crippen LogP contribution in [0.1, 0.15) is 71.5 Å². The van der Waals surface area contributed by atoms with E-state index in [0.29, 0.717) is 50.2 Å². The SMILES string of the molecule is COCCCOc1cc2c(cc1C(=O)CCc1ccccc1)-c1cc(=O)c(C(C)=O)cn1C(C(C)C)C2. The first-order chi connectivity index (χ1) is 17.8. The van der Waals surface area contributed by atoms with Crippen LogP contribution in [0.3, 0.4) is 0 Å². The fourth-order valence-corrected chi connectivity index (χ4v) is 4.97. The molecular formula is C31H35NO5. The lowest BCUT2D eigenvalue weighted by atomic mass is 9.85. The monoisotopic (exact) mass is 501 g/mol. The Morgan fingerprint density at radius 3 is 2.49 bits per heavy atom. The van der Waals surface area contributed by atoms with E-state index in [4.69, 9.17) is 9.47 Å². The van der Waals surface area contributed by atoms with Gasteiger partial charge in [0.2, 0.25) is 0 Å². The summed E-state index contributed by atoms with van der Waals surface area (Å²) in [5.41, 5.74) is 4.13. The van der Waals surface area contributed by atoms with Crippen LogP contribution in [0.5, 0.6) is 5.75 Å². The molecule has 1 aliphatic heterocycles. The van der Waals surface area contributed by atoms with Crippen molar-refractivity contribution in [1.29, 1.82) is 0 Å². The first-order valence-corrected chi connectivity index (χ1v) is 12.9. The van der Waals surface area contributed by atoms with Gasteiger partial charge in [-0.2, -0.15) is 0 Å². The van der Waals surface area contributed by atoms with Crippen molar-refractivity contribution in [3.05, 3.63) is 87.2 Å². The third-order valence-corrected chi connectivity index (χ3v) is 7.03. The second-order valence-corrected chi connectivity index (χ2v) is 10.0. The van der Waals surface area contributed by atoms with Gasteiger partial charge in [0.1, 0.15) is 5.75 Å². The van der Waals surface area contributed by atoms with E-state index in [0.717, 1.165) is 22.4 Å². The molecule has 0 aliphatic carbocycles. The minimum absolute atomic E-state index is 0.00590. The summed E-state index contributed by atoms with van der Waals surface area (Å²) in [5, 5.41) is 0. The summed E-state index contributed by atoms with van der Waals surface area (Å²) >= 11 is 0. The molecule has 3 aromatic rings. The number of carbonyl (C=O) groups excluding carboxylic acids is 2. The smallest absolute Gasteiger partial charge is 0.192 e. The lowest BCUT2D eigenvalue weighted by Crippen LogP contribution is -2.28. The van der Waals surface area contributed by atoms with Crippen LogP contribution in [0.2, 0.25) is 0 Å². The van der Waals surface area contributed by atoms with E-state index in [1.54, 1.807) is 19.4 Å². The van der Waals surface area contributed by atoms with Crippen LogP contribution in [0.4, 0.5) is 0 Å². The van der Waals surface area contributed by atoms with E-state index in [2.05, 4.69) is 13.8 Å². The van der Waals surface area contributed by atoms with E-state index < -0.39 is 0 Å². The molecule has 2 aromatic carbocycles. The molecule has 1 aromatic heterocycles. The third kappa shape index (κ3) is 5.91. The van der Waals surface area contributed by atoms with Gasteiger partial charge in [-0.05, 0) is 48.9 Å². The van der Waals surface area contributed by atoms with Crippen molar-refractivity contribution in [3.8, 4) is 17.0 Å². The quantitative estimate of drug-likeness (QED) is 0.249. The van der Waals surface area contributed by atoms with Gasteiger partial charge >= 0.3 is 0 Å². The molecule has 0 bridgehead atoms. The molecule has 1 aliphatic rings. The highest BCUT2D eigenvalue weighted by atomic mass is 16.5. The van der Waals surface area contributed by atoms with Crippen LogP contribution in [0, 0.1) is 5.92 Å². The fourth-order valence-electron chi connectivity index (χ4n) is 4.97. The number of ether oxygens (including phenoxy) is 2. The normalized spacial score (nSPS) is 14.2. The Balaban J connectivity index is 1.78. The van der Waals surface area contributed by atoms with Crippen molar-refractivity contribution in [2.45, 2.75) is 52.5 Å². The van der Waals surface area contributed by atoms with Crippen LogP contribution in [0.25, 0.3) is 11.3 Å². The number of rotatable bonds is 11. The third-order valence-electron chi connectivity index (χ3n) is 7.03. The molecule has 6 nitrogen and oxygen atoms in total. The van der Waals surface area contributed by atoms with Gasteiger partial charge in [-0.25, -0.2) is 0 Å². The Labute approximate surface area is 218 Å². The zero-order chi connectivity index (χ0) is 26.5. The lowest BCUT2D eigenvalue weighted by Gasteiger charge is -2.34. The molecule has 1 atom stereocenters. The number of aryl methyl sites for hydroxylation is 1. The molecule has 6 heteroatoms. The van der Waals surface area contributed by atoms with Crippen LogP contribution in [-0.2, 0) is 17.6 Å². The molecule has 0 radical (unpaired) electrons. The van der Waals surface area contributed by atoms with Crippen molar-refractivity contribution in [3.63, 3.8) is 0 Å². The number of carbonyl (C=O) groups is 2. The van der Waals surface area contributed by atoms with Gasteiger partial charge in [0, 0.05) is 50.4 Å². The largest absolute Gasteiger partial charge is 0.493 e. The molecule has 2 heterocycles. The van der Waals surface area contributed by atoms with Crippen molar-refractivity contribution < 1.29 is 19.1 Å². The maximum Gasteiger partial charge on any atom is 0.192 e. The number of benzene rings is 2. The summed E-state index contributed by atoms with van der Waals surface area (Å²) in [4.78, 5) is 38.4. The average molecular weight is 502 g/mol. The summed E-state index contributed by atoms with van der Waals surface area (Å²) < 4.78 is 13.3. The summed E-state index contributed by atoms with van der Waals surface area (Å²) in [6, 6.07) is 15.4. The van der Waals surface area contributed by atoms with Gasteiger partial charge in [-0.3, -0.25) is 14.4 Å². The van der Waals surface area contributed by atoms with Crippen molar-refractivity contribution in [2.75, 3.05) is 20.3 Å². The molecule has 0 saturated carbocycles. The molecule has 194 valence electrons. The standard InChI is InChI=1S/C31H35NO5/c1-20(2)27-15-23-16-31(37-14-8-13-36-4)25(29(34)12-11-22-9-6-5-7-10-22)17-24(23)28-18-30(35)26(21(3)33)19-32(27)28/h5-7,9-10,16-20,27H,8,11-15H2,1-4H3. The number of fused-ring (bicyclic) bond motifs is 3. The number of ketones is 2. The molecule has 1 unspecified atom stereocenters. The number of aromatic nitrogens is 1. The lowest BCUT2D eigenvalue weighted by molar-refractivity contribution is 0.0976. The number of hydrogen-bond donors (Lipinski definition) is 0. The highest BCUT2D eigenvalue weighted by Gasteiger charge is 2.29. The summed E-state index contributed by atoms with van der Waals surface area (Å²) in [7, 11) is 1.65. The zero-order valence-corrected chi connectivity index (χ0v) is 22.1. The number of nitrogens with zero attached hydrogens (tertiary/aromatic N) is 1. The topological polar surface area (TPSA) is 74.6 Å². The van der Waals surface area contributed by atoms with Gasteiger partial charge in [-0.15, -0.1) is 0 Å². The molecule has 0 N–H and O–H groups in total. The molecule has 37 heavy (non-hydrogen) atoms. The summed E-state index contributed by atoms with van der Waals surface area (Å²) in [6.07, 6.45) is 4.11. The van der Waals surface area contributed by atoms with Crippen LogP contribution in [0.15, 0.2) is 59.5 Å². The minimum Gasteiger partial charge on any atom is -0.493 e. The molecule has 0 fully saturated rings.